The molecule has 0 saturated heterocycles. The first-order chi connectivity index (χ1) is 7.19. The highest BCUT2D eigenvalue weighted by Crippen LogP contribution is 2.20. The van der Waals surface area contributed by atoms with Gasteiger partial charge in [-0.15, -0.1) is 0 Å². The van der Waals surface area contributed by atoms with Crippen LogP contribution in [-0.4, -0.2) is 21.6 Å². The molecule has 0 bridgehead atoms. The van der Waals surface area contributed by atoms with E-state index >= 15 is 0 Å². The fourth-order valence-corrected chi connectivity index (χ4v) is 1.83. The number of aliphatic hydroxyl groups is 2. The van der Waals surface area contributed by atoms with Crippen LogP contribution in [0.3, 0.4) is 0 Å². The number of hydrogen-bond acceptors (Lipinski definition) is 2. The smallest absolute Gasteiger partial charge is 0.105 e. The second kappa shape index (κ2) is 6.05. The minimum Gasteiger partial charge on any atom is -0.390 e. The molecule has 0 amide bonds. The Balaban J connectivity index is 2.80. The maximum atomic E-state index is 9.83. The zero-order valence-corrected chi connectivity index (χ0v) is 10.0. The lowest BCUT2D eigenvalue weighted by molar-refractivity contribution is 0.0173. The SMILES string of the molecule is C=Cc1cccc(C(O)C(O)CCBr)c1. The van der Waals surface area contributed by atoms with Gasteiger partial charge in [0.1, 0.15) is 6.10 Å². The molecule has 1 aromatic carbocycles. The fourth-order valence-electron chi connectivity index (χ4n) is 1.36. The zero-order chi connectivity index (χ0) is 11.3. The second-order valence-electron chi connectivity index (χ2n) is 3.36. The van der Waals surface area contributed by atoms with Crippen molar-refractivity contribution in [1.82, 2.24) is 0 Å². The molecule has 0 spiro atoms. The summed E-state index contributed by atoms with van der Waals surface area (Å²) in [5.74, 6) is 0. The van der Waals surface area contributed by atoms with Gasteiger partial charge in [0.2, 0.25) is 0 Å². The summed E-state index contributed by atoms with van der Waals surface area (Å²) in [5, 5.41) is 20.1. The highest BCUT2D eigenvalue weighted by atomic mass is 79.9. The maximum Gasteiger partial charge on any atom is 0.105 e. The third kappa shape index (κ3) is 3.45. The van der Waals surface area contributed by atoms with Gasteiger partial charge in [-0.25, -0.2) is 0 Å². The molecule has 2 nitrogen and oxygen atoms in total. The lowest BCUT2D eigenvalue weighted by atomic mass is 10.0. The monoisotopic (exact) mass is 270 g/mol. The Hall–Kier alpha value is -0.640. The van der Waals surface area contributed by atoms with Crippen molar-refractivity contribution in [3.05, 3.63) is 42.0 Å². The van der Waals surface area contributed by atoms with E-state index in [1.165, 1.54) is 0 Å². The highest BCUT2D eigenvalue weighted by Gasteiger charge is 2.17. The molecule has 3 heteroatoms. The minimum absolute atomic E-state index is 0.527. The molecule has 82 valence electrons. The van der Waals surface area contributed by atoms with Crippen molar-refractivity contribution in [3.8, 4) is 0 Å². The summed E-state index contributed by atoms with van der Waals surface area (Å²) in [6, 6.07) is 7.38. The van der Waals surface area contributed by atoms with Gasteiger partial charge in [0.25, 0.3) is 0 Å². The average Bonchev–Trinajstić information content (AvgIpc) is 2.28. The van der Waals surface area contributed by atoms with E-state index in [9.17, 15) is 10.2 Å². The van der Waals surface area contributed by atoms with E-state index < -0.39 is 12.2 Å². The van der Waals surface area contributed by atoms with Gasteiger partial charge < -0.3 is 10.2 Å². The Morgan fingerprint density at radius 2 is 2.13 bits per heavy atom. The van der Waals surface area contributed by atoms with Crippen molar-refractivity contribution in [1.29, 1.82) is 0 Å². The maximum absolute atomic E-state index is 9.83. The Morgan fingerprint density at radius 1 is 1.40 bits per heavy atom. The van der Waals surface area contributed by atoms with Gasteiger partial charge >= 0.3 is 0 Å². The van der Waals surface area contributed by atoms with Crippen molar-refractivity contribution in [3.63, 3.8) is 0 Å². The summed E-state index contributed by atoms with van der Waals surface area (Å²) >= 11 is 3.23. The van der Waals surface area contributed by atoms with Crippen LogP contribution in [0.2, 0.25) is 0 Å². The van der Waals surface area contributed by atoms with Crippen LogP contribution in [0.1, 0.15) is 23.7 Å². The number of benzene rings is 1. The van der Waals surface area contributed by atoms with Gasteiger partial charge in [0.15, 0.2) is 0 Å². The van der Waals surface area contributed by atoms with Gasteiger partial charge in [0.05, 0.1) is 6.10 Å². The van der Waals surface area contributed by atoms with Crippen LogP contribution in [0.4, 0.5) is 0 Å². The minimum atomic E-state index is -0.831. The second-order valence-corrected chi connectivity index (χ2v) is 4.16. The van der Waals surface area contributed by atoms with Crippen LogP contribution in [0.25, 0.3) is 6.08 Å². The summed E-state index contributed by atoms with van der Waals surface area (Å²) in [5.41, 5.74) is 1.67. The van der Waals surface area contributed by atoms with Crippen molar-refractivity contribution in [2.24, 2.45) is 0 Å². The topological polar surface area (TPSA) is 40.5 Å². The van der Waals surface area contributed by atoms with E-state index in [-0.39, 0.29) is 0 Å². The molecule has 0 saturated carbocycles. The molecular weight excluding hydrogens is 256 g/mol. The van der Waals surface area contributed by atoms with Crippen LogP contribution in [-0.2, 0) is 0 Å². The molecule has 0 aliphatic rings. The number of halogens is 1. The zero-order valence-electron chi connectivity index (χ0n) is 8.44. The largest absolute Gasteiger partial charge is 0.390 e. The molecule has 0 fully saturated rings. The van der Waals surface area contributed by atoms with Crippen LogP contribution in [0, 0.1) is 0 Å². The molecule has 0 radical (unpaired) electrons. The summed E-state index contributed by atoms with van der Waals surface area (Å²) in [6.45, 7) is 3.66. The molecule has 0 aliphatic carbocycles. The number of aliphatic hydroxyl groups excluding tert-OH is 2. The first kappa shape index (κ1) is 12.4. The third-order valence-corrected chi connectivity index (χ3v) is 2.72. The lowest BCUT2D eigenvalue weighted by Gasteiger charge is -2.17. The first-order valence-corrected chi connectivity index (χ1v) is 5.95. The number of alkyl halides is 1. The fraction of sp³-hybridized carbons (Fsp3) is 0.333. The molecule has 1 rings (SSSR count). The standard InChI is InChI=1S/C12H15BrO2/c1-2-9-4-3-5-10(8-9)12(15)11(14)6-7-13/h2-5,8,11-12,14-15H,1,6-7H2. The predicted octanol–water partition coefficient (Wildman–Crippen LogP) is 2.51. The molecule has 0 aromatic heterocycles. The molecule has 2 unspecified atom stereocenters. The summed E-state index contributed by atoms with van der Waals surface area (Å²) in [6.07, 6.45) is 0.680. The molecule has 2 N–H and O–H groups in total. The van der Waals surface area contributed by atoms with E-state index in [1.54, 1.807) is 12.1 Å². The molecule has 2 atom stereocenters. The number of hydrogen-bond donors (Lipinski definition) is 2. The van der Waals surface area contributed by atoms with Crippen molar-refractivity contribution >= 4 is 22.0 Å². The summed E-state index contributed by atoms with van der Waals surface area (Å²) in [4.78, 5) is 0. The summed E-state index contributed by atoms with van der Waals surface area (Å²) in [7, 11) is 0. The van der Waals surface area contributed by atoms with Crippen LogP contribution < -0.4 is 0 Å². The van der Waals surface area contributed by atoms with Crippen LogP contribution in [0.15, 0.2) is 30.8 Å². The average molecular weight is 271 g/mol. The Labute approximate surface area is 98.4 Å². The Bertz CT molecular complexity index is 325. The Morgan fingerprint density at radius 3 is 2.73 bits per heavy atom. The van der Waals surface area contributed by atoms with Gasteiger partial charge in [0, 0.05) is 5.33 Å². The molecule has 15 heavy (non-hydrogen) atoms. The molecule has 1 aromatic rings. The third-order valence-electron chi connectivity index (χ3n) is 2.26. The van der Waals surface area contributed by atoms with Crippen molar-refractivity contribution in [2.75, 3.05) is 5.33 Å². The lowest BCUT2D eigenvalue weighted by Crippen LogP contribution is -2.18. The van der Waals surface area contributed by atoms with E-state index in [2.05, 4.69) is 22.5 Å². The normalized spacial score (nSPS) is 14.6. The summed E-state index contributed by atoms with van der Waals surface area (Å²) < 4.78 is 0. The number of rotatable bonds is 5. The molecule has 0 aliphatic heterocycles. The van der Waals surface area contributed by atoms with Gasteiger partial charge in [-0.1, -0.05) is 46.8 Å². The van der Waals surface area contributed by atoms with E-state index in [0.29, 0.717) is 11.8 Å². The van der Waals surface area contributed by atoms with Gasteiger partial charge in [-0.3, -0.25) is 0 Å². The molecular formula is C12H15BrO2. The molecule has 0 heterocycles. The highest BCUT2D eigenvalue weighted by molar-refractivity contribution is 9.09. The quantitative estimate of drug-likeness (QED) is 0.808. The van der Waals surface area contributed by atoms with Crippen LogP contribution in [0.5, 0.6) is 0 Å². The van der Waals surface area contributed by atoms with Gasteiger partial charge in [-0.2, -0.15) is 0 Å². The Kier molecular flexibility index (Phi) is 5.02. The van der Waals surface area contributed by atoms with E-state index in [1.807, 2.05) is 18.2 Å². The van der Waals surface area contributed by atoms with Crippen LogP contribution >= 0.6 is 15.9 Å². The van der Waals surface area contributed by atoms with Gasteiger partial charge in [-0.05, 0) is 23.6 Å². The predicted molar refractivity (Wildman–Crippen MR) is 65.9 cm³/mol. The van der Waals surface area contributed by atoms with Crippen molar-refractivity contribution < 1.29 is 10.2 Å². The van der Waals surface area contributed by atoms with Crippen molar-refractivity contribution in [2.45, 2.75) is 18.6 Å². The first-order valence-electron chi connectivity index (χ1n) is 4.83. The van der Waals surface area contributed by atoms with E-state index in [4.69, 9.17) is 0 Å². The van der Waals surface area contributed by atoms with E-state index in [0.717, 1.165) is 11.1 Å².